The van der Waals surface area contributed by atoms with Crippen LogP contribution in [-0.2, 0) is 19.4 Å². The third-order valence-corrected chi connectivity index (χ3v) is 4.08. The lowest BCUT2D eigenvalue weighted by molar-refractivity contribution is 0.413. The van der Waals surface area contributed by atoms with Crippen molar-refractivity contribution in [2.45, 2.75) is 32.2 Å². The number of hydrogen-bond donors (Lipinski definition) is 2. The lowest BCUT2D eigenvalue weighted by Gasteiger charge is -2.16. The molecule has 0 atom stereocenters. The van der Waals surface area contributed by atoms with Crippen LogP contribution < -0.4 is 10.2 Å². The lowest BCUT2D eigenvalue weighted by atomic mass is 9.77. The van der Waals surface area contributed by atoms with E-state index in [4.69, 9.17) is 4.74 Å². The third kappa shape index (κ3) is 2.82. The van der Waals surface area contributed by atoms with Crippen LogP contribution in [-0.4, -0.2) is 33.8 Å². The van der Waals surface area contributed by atoms with Crippen molar-refractivity contribution in [3.63, 3.8) is 0 Å². The van der Waals surface area contributed by atoms with E-state index in [-0.39, 0.29) is 0 Å². The predicted octanol–water partition coefficient (Wildman–Crippen LogP) is 0.499. The Labute approximate surface area is 124 Å². The van der Waals surface area contributed by atoms with Crippen molar-refractivity contribution in [3.05, 3.63) is 41.5 Å². The van der Waals surface area contributed by atoms with Crippen LogP contribution >= 0.6 is 0 Å². The molecule has 1 aliphatic rings. The second kappa shape index (κ2) is 5.91. The summed E-state index contributed by atoms with van der Waals surface area (Å²) < 4.78 is 7.34. The van der Waals surface area contributed by atoms with Crippen molar-refractivity contribution in [3.8, 4) is 5.75 Å². The Morgan fingerprint density at radius 1 is 1.29 bits per heavy atom. The topological polar surface area (TPSA) is 67.5 Å². The van der Waals surface area contributed by atoms with Crippen LogP contribution in [0.5, 0.6) is 5.75 Å². The first-order chi connectivity index (χ1) is 10.2. The number of methoxy groups -OCH3 is 1. The fourth-order valence-corrected chi connectivity index (χ4v) is 2.95. The average molecular weight is 286 g/mol. The average Bonchev–Trinajstić information content (AvgIpc) is 2.90. The number of nitrogens with zero attached hydrogens (tertiary/aromatic N) is 2. The minimum Gasteiger partial charge on any atom is -0.497 e. The molecule has 1 aromatic carbocycles. The lowest BCUT2D eigenvalue weighted by Crippen LogP contribution is -2.33. The highest BCUT2D eigenvalue weighted by Gasteiger charge is 2.19. The summed E-state index contributed by atoms with van der Waals surface area (Å²) in [6.07, 6.45) is 6.31. The van der Waals surface area contributed by atoms with Gasteiger partial charge >= 0.3 is 7.12 Å². The standard InChI is InChI=1S/C15H19BN2O3/c1-21-12-6-7-13(16(19)20)11(8-12)9-18-10-17-14-4-2-3-5-15(14)18/h6-8,10,19-20H,2-5,9H2,1H3. The molecule has 0 bridgehead atoms. The van der Waals surface area contributed by atoms with Crippen LogP contribution in [0.3, 0.4) is 0 Å². The maximum absolute atomic E-state index is 9.53. The van der Waals surface area contributed by atoms with Crippen LogP contribution in [0.15, 0.2) is 24.5 Å². The molecule has 0 spiro atoms. The van der Waals surface area contributed by atoms with Gasteiger partial charge in [0.15, 0.2) is 0 Å². The van der Waals surface area contributed by atoms with Crippen LogP contribution in [0.2, 0.25) is 0 Å². The highest BCUT2D eigenvalue weighted by molar-refractivity contribution is 6.59. The largest absolute Gasteiger partial charge is 0.497 e. The Kier molecular flexibility index (Phi) is 3.99. The molecule has 0 radical (unpaired) electrons. The summed E-state index contributed by atoms with van der Waals surface area (Å²) in [4.78, 5) is 4.48. The zero-order chi connectivity index (χ0) is 14.8. The molecule has 2 N–H and O–H groups in total. The van der Waals surface area contributed by atoms with Gasteiger partial charge in [-0.3, -0.25) is 0 Å². The summed E-state index contributed by atoms with van der Waals surface area (Å²) in [7, 11) is 0.123. The first-order valence-corrected chi connectivity index (χ1v) is 7.25. The van der Waals surface area contributed by atoms with Crippen molar-refractivity contribution in [2.75, 3.05) is 7.11 Å². The first kappa shape index (κ1) is 14.2. The second-order valence-corrected chi connectivity index (χ2v) is 5.41. The van der Waals surface area contributed by atoms with Gasteiger partial charge in [0.05, 0.1) is 19.1 Å². The number of hydrogen-bond acceptors (Lipinski definition) is 4. The van der Waals surface area contributed by atoms with E-state index in [1.807, 2.05) is 12.4 Å². The molecule has 2 aromatic rings. The Bertz CT molecular complexity index is 640. The van der Waals surface area contributed by atoms with Gasteiger partial charge in [-0.2, -0.15) is 0 Å². The van der Waals surface area contributed by atoms with Gasteiger partial charge in [0.1, 0.15) is 5.75 Å². The molecule has 1 aromatic heterocycles. The molecule has 0 amide bonds. The van der Waals surface area contributed by atoms with E-state index in [0.717, 1.165) is 18.4 Å². The van der Waals surface area contributed by atoms with E-state index >= 15 is 0 Å². The predicted molar refractivity (Wildman–Crippen MR) is 80.8 cm³/mol. The van der Waals surface area contributed by atoms with Gasteiger partial charge in [-0.15, -0.1) is 0 Å². The Hall–Kier alpha value is -1.79. The molecule has 6 heteroatoms. The molecule has 0 unspecified atom stereocenters. The molecular weight excluding hydrogens is 267 g/mol. The fraction of sp³-hybridized carbons (Fsp3) is 0.400. The van der Waals surface area contributed by atoms with E-state index in [1.54, 1.807) is 19.2 Å². The summed E-state index contributed by atoms with van der Waals surface area (Å²) in [5, 5.41) is 19.1. The first-order valence-electron chi connectivity index (χ1n) is 7.25. The van der Waals surface area contributed by atoms with Gasteiger partial charge in [0.25, 0.3) is 0 Å². The maximum Gasteiger partial charge on any atom is 0.488 e. The quantitative estimate of drug-likeness (QED) is 0.803. The normalized spacial score (nSPS) is 13.9. The van der Waals surface area contributed by atoms with Crippen LogP contribution in [0.4, 0.5) is 0 Å². The fourth-order valence-electron chi connectivity index (χ4n) is 2.95. The van der Waals surface area contributed by atoms with E-state index in [0.29, 0.717) is 17.8 Å². The van der Waals surface area contributed by atoms with Crippen LogP contribution in [0.25, 0.3) is 0 Å². The number of fused-ring (bicyclic) bond motifs is 1. The second-order valence-electron chi connectivity index (χ2n) is 5.41. The zero-order valence-electron chi connectivity index (χ0n) is 12.1. The van der Waals surface area contributed by atoms with Gasteiger partial charge < -0.3 is 19.4 Å². The van der Waals surface area contributed by atoms with Gasteiger partial charge in [0, 0.05) is 12.2 Å². The monoisotopic (exact) mass is 286 g/mol. The molecule has 110 valence electrons. The van der Waals surface area contributed by atoms with Crippen molar-refractivity contribution in [1.82, 2.24) is 9.55 Å². The van der Waals surface area contributed by atoms with Gasteiger partial charge in [-0.1, -0.05) is 6.07 Å². The zero-order valence-corrected chi connectivity index (χ0v) is 12.1. The molecule has 21 heavy (non-hydrogen) atoms. The highest BCUT2D eigenvalue weighted by Crippen LogP contribution is 2.21. The van der Waals surface area contributed by atoms with E-state index in [9.17, 15) is 10.0 Å². The SMILES string of the molecule is COc1ccc(B(O)O)c(Cn2cnc3c2CCCC3)c1. The number of imidazole rings is 1. The van der Waals surface area contributed by atoms with Gasteiger partial charge in [-0.25, -0.2) is 4.98 Å². The minimum absolute atomic E-state index is 0.508. The molecule has 0 saturated heterocycles. The van der Waals surface area contributed by atoms with E-state index in [2.05, 4.69) is 9.55 Å². The van der Waals surface area contributed by atoms with E-state index < -0.39 is 7.12 Å². The molecule has 0 fully saturated rings. The van der Waals surface area contributed by atoms with Crippen LogP contribution in [0, 0.1) is 0 Å². The Morgan fingerprint density at radius 2 is 2.10 bits per heavy atom. The molecule has 0 aliphatic heterocycles. The molecular formula is C15H19BN2O3. The number of benzene rings is 1. The summed E-state index contributed by atoms with van der Waals surface area (Å²) >= 11 is 0. The maximum atomic E-state index is 9.53. The summed E-state index contributed by atoms with van der Waals surface area (Å²) in [5.74, 6) is 0.711. The van der Waals surface area contributed by atoms with Crippen molar-refractivity contribution >= 4 is 12.6 Å². The summed E-state index contributed by atoms with van der Waals surface area (Å²) in [6, 6.07) is 5.29. The number of ether oxygens (including phenoxy) is 1. The van der Waals surface area contributed by atoms with Crippen molar-refractivity contribution < 1.29 is 14.8 Å². The molecule has 5 nitrogen and oxygen atoms in total. The smallest absolute Gasteiger partial charge is 0.488 e. The Balaban J connectivity index is 1.95. The number of rotatable bonds is 4. The van der Waals surface area contributed by atoms with Crippen molar-refractivity contribution in [1.29, 1.82) is 0 Å². The third-order valence-electron chi connectivity index (χ3n) is 4.08. The summed E-state index contributed by atoms with van der Waals surface area (Å²) in [6.45, 7) is 0.576. The van der Waals surface area contributed by atoms with Gasteiger partial charge in [-0.05, 0) is 48.8 Å². The molecule has 1 aliphatic carbocycles. The Morgan fingerprint density at radius 3 is 2.86 bits per heavy atom. The van der Waals surface area contributed by atoms with Crippen LogP contribution in [0.1, 0.15) is 29.8 Å². The molecule has 1 heterocycles. The van der Waals surface area contributed by atoms with E-state index in [1.165, 1.54) is 24.2 Å². The minimum atomic E-state index is -1.48. The van der Waals surface area contributed by atoms with Gasteiger partial charge in [0.2, 0.25) is 0 Å². The number of aromatic nitrogens is 2. The summed E-state index contributed by atoms with van der Waals surface area (Å²) in [5.41, 5.74) is 3.79. The molecule has 3 rings (SSSR count). The highest BCUT2D eigenvalue weighted by atomic mass is 16.5. The number of aryl methyl sites for hydroxylation is 1. The van der Waals surface area contributed by atoms with Crippen molar-refractivity contribution in [2.24, 2.45) is 0 Å². The molecule has 0 saturated carbocycles.